The molecule has 0 aliphatic carbocycles. The summed E-state index contributed by atoms with van der Waals surface area (Å²) in [5.41, 5.74) is 1.31. The van der Waals surface area contributed by atoms with Crippen molar-refractivity contribution in [3.05, 3.63) is 106 Å². The lowest BCUT2D eigenvalue weighted by Gasteiger charge is -2.20. The molecule has 0 fully saturated rings. The topological polar surface area (TPSA) is 94.2 Å². The largest absolute Gasteiger partial charge is 0.409 e. The van der Waals surface area contributed by atoms with E-state index in [9.17, 15) is 22.8 Å². The number of benzene rings is 2. The number of carbonyl (C=O) groups is 1. The molecule has 0 spiro atoms. The van der Waals surface area contributed by atoms with Gasteiger partial charge in [0, 0.05) is 18.5 Å². The zero-order valence-electron chi connectivity index (χ0n) is 20.3. The molecule has 0 radical (unpaired) electrons. The van der Waals surface area contributed by atoms with Crippen LogP contribution in [0.5, 0.6) is 0 Å². The molecular formula is C27H21F3N6O2. The van der Waals surface area contributed by atoms with E-state index in [2.05, 4.69) is 20.4 Å². The molecule has 192 valence electrons. The highest BCUT2D eigenvalue weighted by atomic mass is 19.4. The highest BCUT2D eigenvalue weighted by Crippen LogP contribution is 2.24. The van der Waals surface area contributed by atoms with Crippen LogP contribution in [-0.2, 0) is 0 Å². The van der Waals surface area contributed by atoms with E-state index >= 15 is 0 Å². The van der Waals surface area contributed by atoms with Crippen LogP contribution in [0.3, 0.4) is 0 Å². The van der Waals surface area contributed by atoms with Gasteiger partial charge in [0.15, 0.2) is 5.65 Å². The summed E-state index contributed by atoms with van der Waals surface area (Å²) in [6.45, 7) is 3.37. The van der Waals surface area contributed by atoms with Crippen LogP contribution in [0.15, 0.2) is 77.9 Å². The van der Waals surface area contributed by atoms with Crippen molar-refractivity contribution in [3.8, 4) is 5.69 Å². The molecule has 0 aliphatic heterocycles. The predicted octanol–water partition coefficient (Wildman–Crippen LogP) is 4.80. The minimum Gasteiger partial charge on any atom is -0.342 e. The highest BCUT2D eigenvalue weighted by molar-refractivity contribution is 6.01. The van der Waals surface area contributed by atoms with Gasteiger partial charge in [-0.15, -0.1) is 0 Å². The van der Waals surface area contributed by atoms with E-state index in [-0.39, 0.29) is 33.9 Å². The zero-order valence-corrected chi connectivity index (χ0v) is 20.3. The van der Waals surface area contributed by atoms with Gasteiger partial charge in [-0.1, -0.05) is 30.3 Å². The number of halogens is 3. The summed E-state index contributed by atoms with van der Waals surface area (Å²) >= 11 is 0. The Morgan fingerprint density at radius 1 is 1.08 bits per heavy atom. The Labute approximate surface area is 214 Å². The van der Waals surface area contributed by atoms with Crippen molar-refractivity contribution in [1.82, 2.24) is 29.5 Å². The predicted molar refractivity (Wildman–Crippen MR) is 136 cm³/mol. The van der Waals surface area contributed by atoms with E-state index in [0.29, 0.717) is 17.0 Å². The normalized spacial score (nSPS) is 12.9. The van der Waals surface area contributed by atoms with Crippen LogP contribution in [-0.4, -0.2) is 36.2 Å². The molecule has 5 rings (SSSR count). The van der Waals surface area contributed by atoms with E-state index in [1.165, 1.54) is 21.2 Å². The second kappa shape index (κ2) is 9.58. The van der Waals surface area contributed by atoms with Gasteiger partial charge in [0.05, 0.1) is 28.3 Å². The van der Waals surface area contributed by atoms with Crippen LogP contribution in [0.1, 0.15) is 40.4 Å². The highest BCUT2D eigenvalue weighted by Gasteiger charge is 2.25. The number of aromatic nitrogens is 5. The Balaban J connectivity index is 1.65. The number of para-hydroxylation sites is 1. The minimum absolute atomic E-state index is 0.0294. The molecule has 0 bridgehead atoms. The summed E-state index contributed by atoms with van der Waals surface area (Å²) in [7, 11) is 0. The molecule has 0 unspecified atom stereocenters. The Bertz CT molecular complexity index is 1760. The number of nitrogens with zero attached hydrogens (tertiary/aromatic N) is 5. The van der Waals surface area contributed by atoms with E-state index in [1.54, 1.807) is 68.7 Å². The summed E-state index contributed by atoms with van der Waals surface area (Å²) < 4.78 is 41.5. The quantitative estimate of drug-likeness (QED) is 0.361. The number of hydrogen-bond donors (Lipinski definition) is 1. The Morgan fingerprint density at radius 3 is 2.58 bits per heavy atom. The molecule has 11 heteroatoms. The molecule has 1 atom stereocenters. The van der Waals surface area contributed by atoms with Crippen molar-refractivity contribution in [2.24, 2.45) is 0 Å². The molecule has 5 aromatic rings. The molecule has 1 N–H and O–H groups in total. The average molecular weight is 518 g/mol. The maximum absolute atomic E-state index is 13.8. The van der Waals surface area contributed by atoms with Gasteiger partial charge in [-0.2, -0.15) is 18.3 Å². The molecule has 1 amide bonds. The van der Waals surface area contributed by atoms with Crippen molar-refractivity contribution in [1.29, 1.82) is 0 Å². The third-order valence-electron chi connectivity index (χ3n) is 5.95. The van der Waals surface area contributed by atoms with Gasteiger partial charge in [-0.25, -0.2) is 14.5 Å². The summed E-state index contributed by atoms with van der Waals surface area (Å²) in [5, 5.41) is 7.22. The van der Waals surface area contributed by atoms with Gasteiger partial charge in [0.1, 0.15) is 11.4 Å². The van der Waals surface area contributed by atoms with Crippen LogP contribution in [0.25, 0.3) is 28.3 Å². The fourth-order valence-corrected chi connectivity index (χ4v) is 4.31. The summed E-state index contributed by atoms with van der Waals surface area (Å²) in [6, 6.07) is 14.0. The van der Waals surface area contributed by atoms with E-state index in [4.69, 9.17) is 0 Å². The Hall–Kier alpha value is -4.80. The van der Waals surface area contributed by atoms with Crippen LogP contribution < -0.4 is 10.9 Å². The van der Waals surface area contributed by atoms with Gasteiger partial charge in [-0.05, 0) is 49.8 Å². The maximum atomic E-state index is 13.8. The number of aryl methyl sites for hydroxylation is 1. The molecule has 38 heavy (non-hydrogen) atoms. The molecular weight excluding hydrogens is 497 g/mol. The van der Waals surface area contributed by atoms with Gasteiger partial charge >= 0.3 is 6.18 Å². The number of alkyl halides is 3. The lowest BCUT2D eigenvalue weighted by atomic mass is 10.1. The molecule has 3 heterocycles. The first-order valence-corrected chi connectivity index (χ1v) is 11.6. The van der Waals surface area contributed by atoms with Crippen LogP contribution in [0, 0.1) is 6.92 Å². The number of rotatable bonds is 5. The van der Waals surface area contributed by atoms with Crippen LogP contribution >= 0.6 is 0 Å². The van der Waals surface area contributed by atoms with Crippen LogP contribution in [0.4, 0.5) is 13.2 Å². The van der Waals surface area contributed by atoms with E-state index in [1.807, 2.05) is 0 Å². The standard InChI is InChI=1S/C27H21F3N6O2/c1-16-21(24-31-14-7-15-35(24)34-16)25(37)32-17(2)23-33-20-11-6-8-18(12-13-27(28,29)30)22(20)26(38)36(23)19-9-4-3-5-10-19/h3-15,17H,1-2H3,(H,32,37)/b13-12+/t17-/m1/s1. The number of hydrogen-bond acceptors (Lipinski definition) is 5. The lowest BCUT2D eigenvalue weighted by Crippen LogP contribution is -2.33. The molecule has 0 aliphatic rings. The monoisotopic (exact) mass is 518 g/mol. The Morgan fingerprint density at radius 2 is 1.84 bits per heavy atom. The molecule has 8 nitrogen and oxygen atoms in total. The zero-order chi connectivity index (χ0) is 27.0. The Kier molecular flexibility index (Phi) is 6.27. The fraction of sp³-hybridized carbons (Fsp3) is 0.148. The number of fused-ring (bicyclic) bond motifs is 2. The van der Waals surface area contributed by atoms with Crippen molar-refractivity contribution >= 4 is 28.5 Å². The van der Waals surface area contributed by atoms with Crippen molar-refractivity contribution in [2.45, 2.75) is 26.1 Å². The molecule has 0 saturated heterocycles. The lowest BCUT2D eigenvalue weighted by molar-refractivity contribution is -0.0790. The smallest absolute Gasteiger partial charge is 0.342 e. The first kappa shape index (κ1) is 24.9. The fourth-order valence-electron chi connectivity index (χ4n) is 4.31. The minimum atomic E-state index is -4.54. The van der Waals surface area contributed by atoms with Crippen molar-refractivity contribution in [3.63, 3.8) is 0 Å². The third-order valence-corrected chi connectivity index (χ3v) is 5.95. The summed E-state index contributed by atoms with van der Waals surface area (Å²) in [6.07, 6.45) is -0.375. The SMILES string of the molecule is Cc1nn2cccnc2c1C(=O)N[C@H](C)c1nc2cccc(/C=C/C(F)(F)F)c2c(=O)n1-c1ccccc1. The number of nitrogens with one attached hydrogen (secondary N) is 1. The third kappa shape index (κ3) is 4.65. The maximum Gasteiger partial charge on any atom is 0.409 e. The summed E-state index contributed by atoms with van der Waals surface area (Å²) in [4.78, 5) is 36.0. The van der Waals surface area contributed by atoms with E-state index in [0.717, 1.165) is 6.08 Å². The van der Waals surface area contributed by atoms with Crippen molar-refractivity contribution in [2.75, 3.05) is 0 Å². The molecule has 0 saturated carbocycles. The number of carbonyl (C=O) groups excluding carboxylic acids is 1. The van der Waals surface area contributed by atoms with Gasteiger partial charge in [0.25, 0.3) is 11.5 Å². The second-order valence-corrected chi connectivity index (χ2v) is 8.61. The van der Waals surface area contributed by atoms with Gasteiger partial charge < -0.3 is 5.32 Å². The first-order chi connectivity index (χ1) is 18.1. The average Bonchev–Trinajstić information content (AvgIpc) is 3.23. The molecule has 2 aromatic carbocycles. The van der Waals surface area contributed by atoms with Gasteiger partial charge in [-0.3, -0.25) is 14.2 Å². The number of allylic oxidation sites excluding steroid dienone is 1. The van der Waals surface area contributed by atoms with Crippen molar-refractivity contribution < 1.29 is 18.0 Å². The second-order valence-electron chi connectivity index (χ2n) is 8.61. The molecule has 3 aromatic heterocycles. The first-order valence-electron chi connectivity index (χ1n) is 11.6. The van der Waals surface area contributed by atoms with E-state index < -0.39 is 23.7 Å². The number of amides is 1. The van der Waals surface area contributed by atoms with Crippen LogP contribution in [0.2, 0.25) is 0 Å². The van der Waals surface area contributed by atoms with Gasteiger partial charge in [0.2, 0.25) is 0 Å². The summed E-state index contributed by atoms with van der Waals surface area (Å²) in [5.74, 6) is -0.249.